The average molecular weight is 349 g/mol. The molecule has 0 aliphatic carbocycles. The quantitative estimate of drug-likeness (QED) is 0.598. The van der Waals surface area contributed by atoms with E-state index in [0.29, 0.717) is 5.78 Å². The summed E-state index contributed by atoms with van der Waals surface area (Å²) in [7, 11) is 2.07. The summed E-state index contributed by atoms with van der Waals surface area (Å²) >= 11 is 0. The maximum absolute atomic E-state index is 4.85. The first-order chi connectivity index (χ1) is 12.3. The molecule has 0 bridgehead atoms. The Hall–Kier alpha value is -2.96. The van der Waals surface area contributed by atoms with Crippen LogP contribution in [0.1, 0.15) is 37.9 Å². The molecule has 26 heavy (non-hydrogen) atoms. The predicted molar refractivity (Wildman–Crippen MR) is 103 cm³/mol. The second kappa shape index (κ2) is 5.52. The molecule has 0 radical (unpaired) electrons. The van der Waals surface area contributed by atoms with Crippen LogP contribution in [0, 0.1) is 13.8 Å². The van der Waals surface area contributed by atoms with E-state index >= 15 is 0 Å². The van der Waals surface area contributed by atoms with Crippen molar-refractivity contribution in [2.75, 3.05) is 5.32 Å². The van der Waals surface area contributed by atoms with Gasteiger partial charge in [-0.25, -0.2) is 9.97 Å². The van der Waals surface area contributed by atoms with Crippen LogP contribution in [0.25, 0.3) is 16.8 Å². The lowest BCUT2D eigenvalue weighted by Crippen LogP contribution is -2.17. The number of fused-ring (bicyclic) bond motifs is 2. The van der Waals surface area contributed by atoms with Crippen LogP contribution in [0.4, 0.5) is 11.5 Å². The molecule has 0 saturated carbocycles. The number of nitrogens with one attached hydrogen (secondary N) is 1. The number of hydrogen-bond donors (Lipinski definition) is 1. The Morgan fingerprint density at radius 2 is 1.85 bits per heavy atom. The van der Waals surface area contributed by atoms with Gasteiger partial charge in [-0.3, -0.25) is 0 Å². The van der Waals surface area contributed by atoms with E-state index in [9.17, 15) is 0 Å². The fourth-order valence-electron chi connectivity index (χ4n) is 3.27. The number of benzene rings is 1. The van der Waals surface area contributed by atoms with Gasteiger partial charge in [0.15, 0.2) is 0 Å². The van der Waals surface area contributed by atoms with E-state index in [0.717, 1.165) is 39.6 Å². The number of aryl methyl sites for hydroxylation is 2. The number of anilines is 2. The highest BCUT2D eigenvalue weighted by atomic mass is 15.4. The van der Waals surface area contributed by atoms with Crippen molar-refractivity contribution < 1.29 is 0 Å². The molecule has 0 spiro atoms. The normalized spacial score (nSPS) is 12.2. The first kappa shape index (κ1) is 16.5. The Morgan fingerprint density at radius 3 is 2.58 bits per heavy atom. The molecule has 0 amide bonds. The molecule has 0 fully saturated rings. The van der Waals surface area contributed by atoms with Crippen molar-refractivity contribution in [3.63, 3.8) is 0 Å². The Labute approximate surface area is 152 Å². The van der Waals surface area contributed by atoms with Gasteiger partial charge in [-0.1, -0.05) is 20.8 Å². The van der Waals surface area contributed by atoms with Gasteiger partial charge in [-0.05, 0) is 32.0 Å². The molecule has 0 atom stereocenters. The van der Waals surface area contributed by atoms with E-state index in [2.05, 4.69) is 71.0 Å². The summed E-state index contributed by atoms with van der Waals surface area (Å²) in [5.41, 5.74) is 5.02. The minimum atomic E-state index is -0.00689. The van der Waals surface area contributed by atoms with E-state index in [1.54, 1.807) is 4.52 Å². The Balaban J connectivity index is 1.82. The summed E-state index contributed by atoms with van der Waals surface area (Å²) in [6.07, 6.45) is 1.52. The molecule has 134 valence electrons. The number of aromatic nitrogens is 6. The molecule has 0 unspecified atom stereocenters. The van der Waals surface area contributed by atoms with Crippen LogP contribution in [-0.2, 0) is 12.5 Å². The summed E-state index contributed by atoms with van der Waals surface area (Å²) in [6, 6.07) is 6.23. The van der Waals surface area contributed by atoms with Gasteiger partial charge in [0.1, 0.15) is 18.0 Å². The molecule has 1 N–H and O–H groups in total. The molecular formula is C19H23N7. The van der Waals surface area contributed by atoms with Crippen molar-refractivity contribution in [1.82, 2.24) is 29.1 Å². The zero-order valence-corrected chi connectivity index (χ0v) is 16.0. The summed E-state index contributed by atoms with van der Waals surface area (Å²) in [5.74, 6) is 2.53. The fourth-order valence-corrected chi connectivity index (χ4v) is 3.27. The molecule has 4 rings (SSSR count). The largest absolute Gasteiger partial charge is 0.340 e. The van der Waals surface area contributed by atoms with Gasteiger partial charge in [0.25, 0.3) is 5.78 Å². The Bertz CT molecular complexity index is 1130. The smallest absolute Gasteiger partial charge is 0.254 e. The van der Waals surface area contributed by atoms with E-state index in [-0.39, 0.29) is 5.41 Å². The topological polar surface area (TPSA) is 72.9 Å². The van der Waals surface area contributed by atoms with Gasteiger partial charge >= 0.3 is 0 Å². The molecule has 0 aliphatic rings. The average Bonchev–Trinajstić information content (AvgIpc) is 3.16. The van der Waals surface area contributed by atoms with E-state index < -0.39 is 0 Å². The summed E-state index contributed by atoms with van der Waals surface area (Å²) in [4.78, 5) is 13.5. The van der Waals surface area contributed by atoms with Crippen molar-refractivity contribution in [2.45, 2.75) is 40.0 Å². The second-order valence-electron chi connectivity index (χ2n) is 7.72. The highest BCUT2D eigenvalue weighted by Gasteiger charge is 2.21. The SMILES string of the molecule is Cc1nc2ncnn2c(Nc2ccc3c(c2)nc(C(C)(C)C)n3C)c1C. The molecular weight excluding hydrogens is 326 g/mol. The lowest BCUT2D eigenvalue weighted by atomic mass is 9.96. The van der Waals surface area contributed by atoms with Crippen LogP contribution in [0.15, 0.2) is 24.5 Å². The van der Waals surface area contributed by atoms with Gasteiger partial charge < -0.3 is 9.88 Å². The number of hydrogen-bond acceptors (Lipinski definition) is 5. The van der Waals surface area contributed by atoms with Crippen molar-refractivity contribution in [1.29, 1.82) is 0 Å². The molecule has 1 aromatic carbocycles. The Kier molecular flexibility index (Phi) is 3.50. The van der Waals surface area contributed by atoms with Gasteiger partial charge in [-0.2, -0.15) is 14.6 Å². The minimum Gasteiger partial charge on any atom is -0.340 e. The van der Waals surface area contributed by atoms with Gasteiger partial charge in [0.2, 0.25) is 0 Å². The molecule has 0 aliphatic heterocycles. The van der Waals surface area contributed by atoms with E-state index in [1.165, 1.54) is 6.33 Å². The van der Waals surface area contributed by atoms with Crippen LogP contribution in [0.5, 0.6) is 0 Å². The van der Waals surface area contributed by atoms with Crippen LogP contribution in [0.2, 0.25) is 0 Å². The van der Waals surface area contributed by atoms with E-state index in [1.807, 2.05) is 13.8 Å². The van der Waals surface area contributed by atoms with Crippen molar-refractivity contribution in [3.05, 3.63) is 41.6 Å². The Morgan fingerprint density at radius 1 is 1.08 bits per heavy atom. The van der Waals surface area contributed by atoms with Crippen LogP contribution >= 0.6 is 0 Å². The first-order valence-electron chi connectivity index (χ1n) is 8.66. The molecule has 3 heterocycles. The number of imidazole rings is 1. The van der Waals surface area contributed by atoms with E-state index in [4.69, 9.17) is 4.98 Å². The maximum atomic E-state index is 4.85. The van der Waals surface area contributed by atoms with Crippen LogP contribution < -0.4 is 5.32 Å². The third-order valence-corrected chi connectivity index (χ3v) is 4.72. The van der Waals surface area contributed by atoms with Crippen LogP contribution in [-0.4, -0.2) is 29.1 Å². The first-order valence-corrected chi connectivity index (χ1v) is 8.66. The van der Waals surface area contributed by atoms with Gasteiger partial charge in [0.05, 0.1) is 11.0 Å². The number of nitrogens with zero attached hydrogens (tertiary/aromatic N) is 6. The van der Waals surface area contributed by atoms with Crippen molar-refractivity contribution >= 4 is 28.3 Å². The zero-order valence-electron chi connectivity index (χ0n) is 16.0. The van der Waals surface area contributed by atoms with Crippen LogP contribution in [0.3, 0.4) is 0 Å². The van der Waals surface area contributed by atoms with Gasteiger partial charge in [0, 0.05) is 29.4 Å². The molecule has 7 nitrogen and oxygen atoms in total. The standard InChI is InChI=1S/C19H23N7/c1-11-12(2)22-18-20-10-21-26(18)16(11)23-13-7-8-15-14(9-13)24-17(25(15)6)19(3,4)5/h7-10,23H,1-6H3. The third kappa shape index (κ3) is 2.51. The molecule has 0 saturated heterocycles. The fraction of sp³-hybridized carbons (Fsp3) is 0.368. The minimum absolute atomic E-state index is 0.00689. The third-order valence-electron chi connectivity index (χ3n) is 4.72. The number of rotatable bonds is 2. The lowest BCUT2D eigenvalue weighted by molar-refractivity contribution is 0.526. The molecule has 4 aromatic rings. The second-order valence-corrected chi connectivity index (χ2v) is 7.72. The van der Waals surface area contributed by atoms with Gasteiger partial charge in [-0.15, -0.1) is 0 Å². The molecule has 3 aromatic heterocycles. The summed E-state index contributed by atoms with van der Waals surface area (Å²) in [6.45, 7) is 10.5. The zero-order chi connectivity index (χ0) is 18.6. The lowest BCUT2D eigenvalue weighted by Gasteiger charge is -2.17. The summed E-state index contributed by atoms with van der Waals surface area (Å²) in [5, 5.41) is 7.76. The van der Waals surface area contributed by atoms with Crippen molar-refractivity contribution in [2.24, 2.45) is 7.05 Å². The molecule has 7 heteroatoms. The maximum Gasteiger partial charge on any atom is 0.254 e. The highest BCUT2D eigenvalue weighted by molar-refractivity contribution is 5.81. The van der Waals surface area contributed by atoms with Crippen molar-refractivity contribution in [3.8, 4) is 0 Å². The highest BCUT2D eigenvalue weighted by Crippen LogP contribution is 2.29. The predicted octanol–water partition coefficient (Wildman–Crippen LogP) is 3.67. The monoisotopic (exact) mass is 349 g/mol. The summed E-state index contributed by atoms with van der Waals surface area (Å²) < 4.78 is 3.89.